The van der Waals surface area contributed by atoms with Crippen molar-refractivity contribution in [2.75, 3.05) is 16.4 Å². The number of rotatable bonds is 7. The molecule has 0 aliphatic heterocycles. The SMILES string of the molecule is Cn1c(CC(=O)Nc2ccc(Cl)c(Cl)c2)nnc1SCC(=O)Nc1cccc(C(F)(F)F)c1. The maximum atomic E-state index is 12.8. The van der Waals surface area contributed by atoms with Gasteiger partial charge in [0.15, 0.2) is 5.16 Å². The number of alkyl halides is 3. The first-order chi connectivity index (χ1) is 15.5. The normalized spacial score (nSPS) is 11.3. The van der Waals surface area contributed by atoms with Crippen molar-refractivity contribution in [3.05, 3.63) is 63.9 Å². The zero-order valence-electron chi connectivity index (χ0n) is 16.9. The van der Waals surface area contributed by atoms with Crippen LogP contribution in [0.5, 0.6) is 0 Å². The number of anilines is 2. The number of nitrogens with zero attached hydrogens (tertiary/aromatic N) is 3. The third-order valence-electron chi connectivity index (χ3n) is 4.25. The Balaban J connectivity index is 1.54. The van der Waals surface area contributed by atoms with Crippen molar-refractivity contribution in [3.63, 3.8) is 0 Å². The number of thioether (sulfide) groups is 1. The van der Waals surface area contributed by atoms with Crippen LogP contribution in [-0.2, 0) is 29.2 Å². The summed E-state index contributed by atoms with van der Waals surface area (Å²) in [5, 5.41) is 14.0. The van der Waals surface area contributed by atoms with Crippen molar-refractivity contribution in [1.82, 2.24) is 14.8 Å². The highest BCUT2D eigenvalue weighted by Gasteiger charge is 2.30. The summed E-state index contributed by atoms with van der Waals surface area (Å²) in [6, 6.07) is 9.03. The van der Waals surface area contributed by atoms with E-state index in [0.717, 1.165) is 23.9 Å². The number of carbonyl (C=O) groups is 2. The summed E-state index contributed by atoms with van der Waals surface area (Å²) in [7, 11) is 1.63. The molecule has 3 rings (SSSR count). The standard InChI is InChI=1S/C20H16Cl2F3N5O2S/c1-30-16(9-17(31)26-13-5-6-14(21)15(22)8-13)28-29-19(30)33-10-18(32)27-12-4-2-3-11(7-12)20(23,24)25/h2-8H,9-10H2,1H3,(H,26,31)(H,27,32). The van der Waals surface area contributed by atoms with Gasteiger partial charge in [0, 0.05) is 18.4 Å². The van der Waals surface area contributed by atoms with E-state index in [2.05, 4.69) is 20.8 Å². The van der Waals surface area contributed by atoms with Gasteiger partial charge in [-0.15, -0.1) is 10.2 Å². The highest BCUT2D eigenvalue weighted by atomic mass is 35.5. The molecule has 2 amide bonds. The summed E-state index contributed by atoms with van der Waals surface area (Å²) in [5.74, 6) is -0.630. The molecule has 3 aromatic rings. The summed E-state index contributed by atoms with van der Waals surface area (Å²) < 4.78 is 39.9. The lowest BCUT2D eigenvalue weighted by Crippen LogP contribution is -2.17. The Morgan fingerprint density at radius 1 is 1.00 bits per heavy atom. The highest BCUT2D eigenvalue weighted by molar-refractivity contribution is 7.99. The molecule has 1 aromatic heterocycles. The van der Waals surface area contributed by atoms with Crippen molar-refractivity contribution in [1.29, 1.82) is 0 Å². The zero-order chi connectivity index (χ0) is 24.2. The Labute approximate surface area is 200 Å². The Morgan fingerprint density at radius 2 is 1.70 bits per heavy atom. The quantitative estimate of drug-likeness (QED) is 0.428. The van der Waals surface area contributed by atoms with Crippen LogP contribution in [0.1, 0.15) is 11.4 Å². The van der Waals surface area contributed by atoms with E-state index >= 15 is 0 Å². The molecule has 0 unspecified atom stereocenters. The fourth-order valence-corrected chi connectivity index (χ4v) is 3.68. The Morgan fingerprint density at radius 3 is 2.39 bits per heavy atom. The second-order valence-corrected chi connectivity index (χ2v) is 8.48. The molecule has 0 saturated heterocycles. The molecule has 0 spiro atoms. The Kier molecular flexibility index (Phi) is 7.88. The van der Waals surface area contributed by atoms with E-state index in [0.29, 0.717) is 26.7 Å². The maximum absolute atomic E-state index is 12.8. The number of benzene rings is 2. The second kappa shape index (κ2) is 10.4. The van der Waals surface area contributed by atoms with Crippen LogP contribution in [0.2, 0.25) is 10.0 Å². The fraction of sp³-hybridized carbons (Fsp3) is 0.200. The molecule has 0 fully saturated rings. The molecule has 0 atom stereocenters. The number of hydrogen-bond donors (Lipinski definition) is 2. The maximum Gasteiger partial charge on any atom is 0.416 e. The third-order valence-corrected chi connectivity index (χ3v) is 6.01. The molecule has 2 aromatic carbocycles. The van der Waals surface area contributed by atoms with Gasteiger partial charge < -0.3 is 15.2 Å². The minimum absolute atomic E-state index is 0.0352. The van der Waals surface area contributed by atoms with Gasteiger partial charge in [0.05, 0.1) is 27.8 Å². The lowest BCUT2D eigenvalue weighted by molar-refractivity contribution is -0.137. The van der Waals surface area contributed by atoms with E-state index in [1.54, 1.807) is 23.7 Å². The first-order valence-electron chi connectivity index (χ1n) is 9.26. The van der Waals surface area contributed by atoms with Crippen LogP contribution in [0.25, 0.3) is 0 Å². The number of carbonyl (C=O) groups excluding carboxylic acids is 2. The van der Waals surface area contributed by atoms with E-state index in [-0.39, 0.29) is 23.8 Å². The molecule has 7 nitrogen and oxygen atoms in total. The van der Waals surface area contributed by atoms with Crippen LogP contribution in [0.4, 0.5) is 24.5 Å². The predicted molar refractivity (Wildman–Crippen MR) is 121 cm³/mol. The van der Waals surface area contributed by atoms with Crippen LogP contribution in [-0.4, -0.2) is 32.3 Å². The third kappa shape index (κ3) is 6.86. The summed E-state index contributed by atoms with van der Waals surface area (Å²) >= 11 is 12.8. The van der Waals surface area contributed by atoms with E-state index in [1.165, 1.54) is 18.2 Å². The lowest BCUT2D eigenvalue weighted by Gasteiger charge is -2.10. The molecule has 33 heavy (non-hydrogen) atoms. The van der Waals surface area contributed by atoms with E-state index in [1.807, 2.05) is 0 Å². The van der Waals surface area contributed by atoms with Crippen molar-refractivity contribution >= 4 is 58.2 Å². The van der Waals surface area contributed by atoms with Gasteiger partial charge in [-0.05, 0) is 36.4 Å². The van der Waals surface area contributed by atoms with Gasteiger partial charge in [-0.3, -0.25) is 9.59 Å². The largest absolute Gasteiger partial charge is 0.416 e. The second-order valence-electron chi connectivity index (χ2n) is 6.73. The molecule has 1 heterocycles. The predicted octanol–water partition coefficient (Wildman–Crippen LogP) is 5.05. The van der Waals surface area contributed by atoms with Crippen molar-refractivity contribution in [2.45, 2.75) is 17.8 Å². The van der Waals surface area contributed by atoms with Crippen molar-refractivity contribution < 1.29 is 22.8 Å². The number of nitrogens with one attached hydrogen (secondary N) is 2. The molecule has 0 aliphatic rings. The number of aromatic nitrogens is 3. The van der Waals surface area contributed by atoms with Crippen LogP contribution < -0.4 is 10.6 Å². The average Bonchev–Trinajstić information content (AvgIpc) is 3.08. The first kappa shape index (κ1) is 24.9. The van der Waals surface area contributed by atoms with Crippen molar-refractivity contribution in [2.24, 2.45) is 7.05 Å². The van der Waals surface area contributed by atoms with Crippen LogP contribution in [0.15, 0.2) is 47.6 Å². The van der Waals surface area contributed by atoms with E-state index in [4.69, 9.17) is 23.2 Å². The lowest BCUT2D eigenvalue weighted by atomic mass is 10.2. The van der Waals surface area contributed by atoms with Gasteiger partial charge in [0.25, 0.3) is 0 Å². The van der Waals surface area contributed by atoms with Gasteiger partial charge >= 0.3 is 6.18 Å². The Bertz CT molecular complexity index is 1190. The van der Waals surface area contributed by atoms with E-state index in [9.17, 15) is 22.8 Å². The molecule has 13 heteroatoms. The molecular weight excluding hydrogens is 502 g/mol. The fourth-order valence-electron chi connectivity index (χ4n) is 2.65. The summed E-state index contributed by atoms with van der Waals surface area (Å²) in [6.45, 7) is 0. The molecule has 0 radical (unpaired) electrons. The average molecular weight is 518 g/mol. The van der Waals surface area contributed by atoms with Crippen LogP contribution >= 0.6 is 35.0 Å². The summed E-state index contributed by atoms with van der Waals surface area (Å²) in [4.78, 5) is 24.4. The summed E-state index contributed by atoms with van der Waals surface area (Å²) in [5.41, 5.74) is -0.351. The van der Waals surface area contributed by atoms with Gasteiger partial charge in [-0.25, -0.2) is 0 Å². The minimum atomic E-state index is -4.50. The van der Waals surface area contributed by atoms with Crippen LogP contribution in [0, 0.1) is 0 Å². The molecule has 174 valence electrons. The molecule has 0 aliphatic carbocycles. The van der Waals surface area contributed by atoms with Gasteiger partial charge in [0.1, 0.15) is 5.82 Å². The van der Waals surface area contributed by atoms with Crippen LogP contribution in [0.3, 0.4) is 0 Å². The zero-order valence-corrected chi connectivity index (χ0v) is 19.2. The highest BCUT2D eigenvalue weighted by Crippen LogP contribution is 2.30. The minimum Gasteiger partial charge on any atom is -0.326 e. The number of amides is 2. The monoisotopic (exact) mass is 517 g/mol. The number of halogens is 5. The first-order valence-corrected chi connectivity index (χ1v) is 11.0. The van der Waals surface area contributed by atoms with Gasteiger partial charge in [-0.2, -0.15) is 13.2 Å². The molecule has 2 N–H and O–H groups in total. The molecule has 0 saturated carbocycles. The summed E-state index contributed by atoms with van der Waals surface area (Å²) in [6.07, 6.45) is -4.59. The van der Waals surface area contributed by atoms with E-state index < -0.39 is 17.6 Å². The van der Waals surface area contributed by atoms with Gasteiger partial charge in [-0.1, -0.05) is 41.0 Å². The number of hydrogen-bond acceptors (Lipinski definition) is 5. The molecular formula is C20H16Cl2F3N5O2S. The van der Waals surface area contributed by atoms with Gasteiger partial charge in [0.2, 0.25) is 11.8 Å². The molecule has 0 bridgehead atoms. The van der Waals surface area contributed by atoms with Crippen molar-refractivity contribution in [3.8, 4) is 0 Å². The topological polar surface area (TPSA) is 88.9 Å². The smallest absolute Gasteiger partial charge is 0.326 e. The Hall–Kier alpha value is -2.76.